The minimum atomic E-state index is -1.14. The maximum absolute atomic E-state index is 12.6. The summed E-state index contributed by atoms with van der Waals surface area (Å²) in [5.41, 5.74) is 6.47. The van der Waals surface area contributed by atoms with Gasteiger partial charge in [0.05, 0.1) is 5.70 Å². The molecule has 1 nitrogen and oxygen atoms in total. The Balaban J connectivity index is 0.000000591. The summed E-state index contributed by atoms with van der Waals surface area (Å²) in [6, 6.07) is 8.14. The molecule has 0 aliphatic rings. The van der Waals surface area contributed by atoms with Gasteiger partial charge in [0.2, 0.25) is 0 Å². The lowest BCUT2D eigenvalue weighted by molar-refractivity contribution is 0.490. The molecule has 0 radical (unpaired) electrons. The van der Waals surface area contributed by atoms with Crippen molar-refractivity contribution in [3.05, 3.63) is 88.9 Å². The van der Waals surface area contributed by atoms with E-state index in [1.807, 2.05) is 14.0 Å². The second kappa shape index (κ2) is 15.0. The quantitative estimate of drug-likeness (QED) is 0.297. The first-order chi connectivity index (χ1) is 14.8. The summed E-state index contributed by atoms with van der Waals surface area (Å²) in [5, 5.41) is 3.17. The summed E-state index contributed by atoms with van der Waals surface area (Å²) in [7, 11) is 1.92. The summed E-state index contributed by atoms with van der Waals surface area (Å²) in [6.07, 6.45) is 2.71. The molecule has 0 aliphatic carbocycles. The number of rotatable bonds is 5. The topological polar surface area (TPSA) is 12.0 Å². The van der Waals surface area contributed by atoms with Crippen LogP contribution in [0.3, 0.4) is 0 Å². The van der Waals surface area contributed by atoms with Crippen LogP contribution < -0.4 is 5.32 Å². The van der Waals surface area contributed by atoms with Gasteiger partial charge in [-0.1, -0.05) is 44.4 Å². The fourth-order valence-corrected chi connectivity index (χ4v) is 2.93. The van der Waals surface area contributed by atoms with Crippen LogP contribution in [0.15, 0.2) is 49.2 Å². The summed E-state index contributed by atoms with van der Waals surface area (Å²) in [5.74, 6) is 3.23. The molecule has 0 saturated carbocycles. The van der Waals surface area contributed by atoms with Gasteiger partial charge in [-0.05, 0) is 73.4 Å². The Labute approximate surface area is 186 Å². The van der Waals surface area contributed by atoms with Gasteiger partial charge >= 0.3 is 0 Å². The molecule has 0 saturated heterocycles. The zero-order chi connectivity index (χ0) is 24.0. The van der Waals surface area contributed by atoms with Gasteiger partial charge < -0.3 is 5.32 Å². The highest BCUT2D eigenvalue weighted by molar-refractivity contribution is 5.71. The number of allylic oxidation sites excluding steroid dienone is 2. The second-order valence-corrected chi connectivity index (χ2v) is 6.73. The average molecular weight is 430 g/mol. The molecule has 2 aromatic rings. The van der Waals surface area contributed by atoms with Gasteiger partial charge in [0, 0.05) is 13.1 Å². The second-order valence-electron chi connectivity index (χ2n) is 6.73. The van der Waals surface area contributed by atoms with Gasteiger partial charge in [0.15, 0.2) is 11.6 Å². The van der Waals surface area contributed by atoms with Crippen LogP contribution in [0.5, 0.6) is 0 Å². The molecule has 0 spiro atoms. The lowest BCUT2D eigenvalue weighted by atomic mass is 9.97. The zero-order valence-corrected chi connectivity index (χ0v) is 19.6. The van der Waals surface area contributed by atoms with E-state index in [9.17, 15) is 13.2 Å². The molecule has 0 aliphatic heterocycles. The largest absolute Gasteiger partial charge is 0.381 e. The van der Waals surface area contributed by atoms with Crippen LogP contribution in [0, 0.1) is 36.2 Å². The molecule has 0 bridgehead atoms. The highest BCUT2D eigenvalue weighted by Gasteiger charge is 2.07. The minimum Gasteiger partial charge on any atom is -0.381 e. The van der Waals surface area contributed by atoms with Crippen LogP contribution in [-0.2, 0) is 12.8 Å². The lowest BCUT2D eigenvalue weighted by Gasteiger charge is -2.10. The lowest BCUT2D eigenvalue weighted by Crippen LogP contribution is -2.06. The first-order valence-corrected chi connectivity index (χ1v) is 10.3. The van der Waals surface area contributed by atoms with E-state index >= 15 is 0 Å². The first-order valence-electron chi connectivity index (χ1n) is 10.3. The Morgan fingerprint density at radius 3 is 2.06 bits per heavy atom. The molecule has 0 amide bonds. The molecule has 0 fully saturated rings. The van der Waals surface area contributed by atoms with Crippen molar-refractivity contribution in [1.29, 1.82) is 0 Å². The van der Waals surface area contributed by atoms with Crippen molar-refractivity contribution >= 4 is 5.57 Å². The third-order valence-electron chi connectivity index (χ3n) is 4.64. The fraction of sp³-hybridized carbons (Fsp3) is 0.333. The van der Waals surface area contributed by atoms with Crippen LogP contribution in [0.4, 0.5) is 13.2 Å². The fourth-order valence-electron chi connectivity index (χ4n) is 2.93. The first kappa shape index (κ1) is 28.1. The number of halogens is 3. The monoisotopic (exact) mass is 429 g/mol. The molecule has 0 heterocycles. The molecule has 4 heteroatoms. The molecule has 0 atom stereocenters. The van der Waals surface area contributed by atoms with Gasteiger partial charge in [-0.2, -0.15) is 0 Å². The van der Waals surface area contributed by atoms with Crippen LogP contribution >= 0.6 is 0 Å². The Bertz CT molecular complexity index is 933. The van der Waals surface area contributed by atoms with Crippen molar-refractivity contribution in [3.63, 3.8) is 0 Å². The molecule has 168 valence electrons. The normalized spacial score (nSPS) is 10.4. The molecule has 2 rings (SSSR count). The summed E-state index contributed by atoms with van der Waals surface area (Å²) in [6.45, 7) is 16.1. The Kier molecular flexibility index (Phi) is 13.5. The molecule has 0 unspecified atom stereocenters. The number of benzene rings is 2. The van der Waals surface area contributed by atoms with Crippen LogP contribution in [0.1, 0.15) is 56.4 Å². The molecular formula is C27H34F3N. The maximum atomic E-state index is 12.6. The van der Waals surface area contributed by atoms with Gasteiger partial charge in [-0.25, -0.2) is 13.2 Å². The van der Waals surface area contributed by atoms with Crippen LogP contribution in [0.25, 0.3) is 5.57 Å². The van der Waals surface area contributed by atoms with Crippen molar-refractivity contribution in [2.45, 2.75) is 53.9 Å². The standard InChI is InChI=1S/C17H23N.C8H7F3.C2H4/c1-6-8-15-10-11-16(12-13(15)3)14(4)17(18-5)9-7-2;1-2-5-3-7(10)8(11)4-6(5)9;1-2/h10-12,18H,6,8H2,1-5H3;3-4H,2H2,1H3;1-2H2/b17-14+;;. The third kappa shape index (κ3) is 8.76. The molecule has 0 aromatic heterocycles. The van der Waals surface area contributed by atoms with Crippen molar-refractivity contribution in [1.82, 2.24) is 5.32 Å². The van der Waals surface area contributed by atoms with Gasteiger partial charge in [0.25, 0.3) is 0 Å². The van der Waals surface area contributed by atoms with Crippen molar-refractivity contribution in [2.24, 2.45) is 0 Å². The minimum absolute atomic E-state index is 0.198. The van der Waals surface area contributed by atoms with Crippen LogP contribution in [-0.4, -0.2) is 7.05 Å². The Morgan fingerprint density at radius 2 is 1.58 bits per heavy atom. The summed E-state index contributed by atoms with van der Waals surface area (Å²) < 4.78 is 37.3. The van der Waals surface area contributed by atoms with Gasteiger partial charge in [-0.3, -0.25) is 0 Å². The van der Waals surface area contributed by atoms with E-state index in [1.165, 1.54) is 28.7 Å². The number of nitrogens with one attached hydrogen (secondary N) is 1. The predicted molar refractivity (Wildman–Crippen MR) is 127 cm³/mol. The Hall–Kier alpha value is -2.93. The molecule has 2 aromatic carbocycles. The Morgan fingerprint density at radius 1 is 0.968 bits per heavy atom. The van der Waals surface area contributed by atoms with Crippen molar-refractivity contribution in [2.75, 3.05) is 7.05 Å². The predicted octanol–water partition coefficient (Wildman–Crippen LogP) is 7.39. The van der Waals surface area contributed by atoms with E-state index in [-0.39, 0.29) is 5.56 Å². The van der Waals surface area contributed by atoms with E-state index in [0.717, 1.165) is 18.2 Å². The van der Waals surface area contributed by atoms with Crippen molar-refractivity contribution in [3.8, 4) is 11.8 Å². The van der Waals surface area contributed by atoms with E-state index in [0.29, 0.717) is 12.5 Å². The smallest absolute Gasteiger partial charge is 0.161 e. The third-order valence-corrected chi connectivity index (χ3v) is 4.64. The van der Waals surface area contributed by atoms with Gasteiger partial charge in [-0.15, -0.1) is 13.2 Å². The van der Waals surface area contributed by atoms with Gasteiger partial charge in [0.1, 0.15) is 5.82 Å². The maximum Gasteiger partial charge on any atom is 0.161 e. The number of hydrogen-bond donors (Lipinski definition) is 1. The van der Waals surface area contributed by atoms with E-state index < -0.39 is 17.5 Å². The molecule has 1 N–H and O–H groups in total. The highest BCUT2D eigenvalue weighted by atomic mass is 19.2. The zero-order valence-electron chi connectivity index (χ0n) is 19.6. The SMILES string of the molecule is C=C.CC#C/C(NC)=C(/C)c1ccc(CCC)c(C)c1.CCc1cc(F)c(F)cc1F. The molecule has 31 heavy (non-hydrogen) atoms. The summed E-state index contributed by atoms with van der Waals surface area (Å²) in [4.78, 5) is 0. The van der Waals surface area contributed by atoms with E-state index in [1.54, 1.807) is 6.92 Å². The van der Waals surface area contributed by atoms with E-state index in [2.05, 4.69) is 69.3 Å². The molecular weight excluding hydrogens is 395 g/mol. The van der Waals surface area contributed by atoms with Crippen molar-refractivity contribution < 1.29 is 13.2 Å². The van der Waals surface area contributed by atoms with Crippen LogP contribution in [0.2, 0.25) is 0 Å². The number of aryl methyl sites for hydroxylation is 3. The number of hydrogen-bond acceptors (Lipinski definition) is 1. The highest BCUT2D eigenvalue weighted by Crippen LogP contribution is 2.21. The average Bonchev–Trinajstić information content (AvgIpc) is 2.77. The van der Waals surface area contributed by atoms with E-state index in [4.69, 9.17) is 0 Å². The summed E-state index contributed by atoms with van der Waals surface area (Å²) >= 11 is 0.